The van der Waals surface area contributed by atoms with E-state index >= 15 is 0 Å². The molecule has 0 bridgehead atoms. The number of fused-ring (bicyclic) bond motifs is 2. The molecule has 2 aromatic carbocycles. The predicted octanol–water partition coefficient (Wildman–Crippen LogP) is 1.89. The molecule has 0 spiro atoms. The lowest BCUT2D eigenvalue weighted by Crippen LogP contribution is -2.59. The Morgan fingerprint density at radius 2 is 1.31 bits per heavy atom. The third-order valence-corrected chi connectivity index (χ3v) is 11.8. The molecule has 20 nitrogen and oxygen atoms in total. The number of unbranched alkanes of at least 4 members (excludes halogenated alkanes) is 2. The minimum atomic E-state index is -1.61. The van der Waals surface area contributed by atoms with E-state index < -0.39 is 103 Å². The number of carbonyl (C=O) groups is 9. The quantitative estimate of drug-likeness (QED) is 0.0411. The van der Waals surface area contributed by atoms with Gasteiger partial charge in [0.05, 0.1) is 28.9 Å². The first-order valence-electron chi connectivity index (χ1n) is 21.9. The molecule has 1 aromatic heterocycles. The van der Waals surface area contributed by atoms with E-state index in [0.717, 1.165) is 47.8 Å². The van der Waals surface area contributed by atoms with Crippen molar-refractivity contribution in [3.63, 3.8) is 0 Å². The van der Waals surface area contributed by atoms with Gasteiger partial charge in [-0.2, -0.15) is 4.57 Å². The molecule has 9 N–H and O–H groups in total. The number of hydrogen-bond donors (Lipinski definition) is 9. The molecule has 0 unspecified atom stereocenters. The van der Waals surface area contributed by atoms with Crippen LogP contribution in [0.5, 0.6) is 0 Å². The number of anilines is 1. The monoisotopic (exact) mass is 947 g/mol. The van der Waals surface area contributed by atoms with Gasteiger partial charge in [-0.25, -0.2) is 0 Å². The van der Waals surface area contributed by atoms with Crippen LogP contribution in [0, 0.1) is 5.92 Å². The van der Waals surface area contributed by atoms with Crippen molar-refractivity contribution in [3.05, 3.63) is 71.4 Å². The summed E-state index contributed by atoms with van der Waals surface area (Å²) in [6.45, 7) is 4.77. The molecule has 3 aromatic rings. The van der Waals surface area contributed by atoms with E-state index in [1.807, 2.05) is 24.3 Å². The van der Waals surface area contributed by atoms with Crippen molar-refractivity contribution in [1.82, 2.24) is 31.9 Å². The molecular weight excluding hydrogens is 889 g/mol. The van der Waals surface area contributed by atoms with Crippen LogP contribution in [0.1, 0.15) is 77.7 Å². The second kappa shape index (κ2) is 25.6. The Morgan fingerprint density at radius 3 is 1.97 bits per heavy atom. The molecule has 4 rings (SSSR count). The third-order valence-electron chi connectivity index (χ3n) is 10.7. The zero-order valence-electron chi connectivity index (χ0n) is 37.8. The Kier molecular flexibility index (Phi) is 20.1. The molecule has 0 aliphatic carbocycles. The standard InChI is InChI=1S/C46H58N8O12S/c1-27(2)42(52-44(64)31(17-18-39(57)58)50-45(65)33(26-41(61)62)49-28(3)55)46(66)51-32(25-40(59)60)43(63)48-21-20-47-37(56)16-6-5-11-22-54-23-19-29(30-12-7-8-13-34(30)54)24-38-53(4)35-14-9-10-15-36(35)67-38/h7-10,12-15,19,23-24,27,31-33,42H,5-6,11,16-18,20-22,25-26H2,1-4H3,(H8-,47,48,49,50,51,52,55,56,57,58,59,60,61,62,63,64,65,66)/p+1/t31-,32-,33-,42-/m0/s1. The normalized spacial score (nSPS) is 14.3. The molecule has 0 saturated carbocycles. The van der Waals surface area contributed by atoms with E-state index in [4.69, 9.17) is 0 Å². The number of carboxylic acid groups (broad SMARTS) is 3. The number of rotatable bonds is 26. The minimum Gasteiger partial charge on any atom is -0.481 e. The smallest absolute Gasteiger partial charge is 0.305 e. The molecule has 1 aliphatic rings. The van der Waals surface area contributed by atoms with Crippen LogP contribution in [0.15, 0.2) is 70.7 Å². The van der Waals surface area contributed by atoms with Crippen molar-refractivity contribution in [3.8, 4) is 0 Å². The summed E-state index contributed by atoms with van der Waals surface area (Å²) in [7, 11) is 2.07. The third kappa shape index (κ3) is 16.4. The summed E-state index contributed by atoms with van der Waals surface area (Å²) in [5, 5.41) is 44.5. The lowest BCUT2D eigenvalue weighted by atomic mass is 10.0. The lowest BCUT2D eigenvalue weighted by Gasteiger charge is -2.27. The van der Waals surface area contributed by atoms with Crippen molar-refractivity contribution >= 4 is 87.8 Å². The number of para-hydroxylation sites is 2. The van der Waals surface area contributed by atoms with Crippen LogP contribution in [0.25, 0.3) is 17.0 Å². The number of aromatic nitrogens is 1. The zero-order chi connectivity index (χ0) is 49.2. The number of nitrogens with one attached hydrogen (secondary N) is 6. The van der Waals surface area contributed by atoms with Gasteiger partial charge in [-0.05, 0) is 55.0 Å². The average molecular weight is 948 g/mol. The number of aliphatic carboxylic acids is 3. The fraction of sp³-hybridized carbons (Fsp3) is 0.435. The average Bonchev–Trinajstić information content (AvgIpc) is 3.58. The van der Waals surface area contributed by atoms with E-state index in [9.17, 15) is 58.5 Å². The second-order valence-corrected chi connectivity index (χ2v) is 17.3. The fourth-order valence-corrected chi connectivity index (χ4v) is 8.33. The van der Waals surface area contributed by atoms with Gasteiger partial charge in [-0.1, -0.05) is 49.9 Å². The number of carbonyl (C=O) groups excluding carboxylic acids is 6. The maximum absolute atomic E-state index is 13.4. The largest absolute Gasteiger partial charge is 0.481 e. The number of nitrogens with zero attached hydrogens (tertiary/aromatic N) is 2. The summed E-state index contributed by atoms with van der Waals surface area (Å²) < 4.78 is 2.21. The van der Waals surface area contributed by atoms with Gasteiger partial charge in [0.1, 0.15) is 30.7 Å². The van der Waals surface area contributed by atoms with Crippen LogP contribution >= 0.6 is 11.8 Å². The minimum absolute atomic E-state index is 0.0203. The maximum Gasteiger partial charge on any atom is 0.305 e. The van der Waals surface area contributed by atoms with Crippen LogP contribution in [-0.4, -0.2) is 113 Å². The van der Waals surface area contributed by atoms with Crippen molar-refractivity contribution in [2.24, 2.45) is 5.92 Å². The SMILES string of the molecule is CC(=O)N[C@@H](CC(=O)O)C(=O)N[C@@H](CCC(=O)O)C(=O)N[C@H](C(=O)N[C@@H](CC(=O)O)C(=O)NCCNC(=O)CCCCC[n+]1ccc(C=C2Sc3ccccc3N2C)c2ccccc21)C(C)C. The summed E-state index contributed by atoms with van der Waals surface area (Å²) >= 11 is 1.74. The molecule has 6 amide bonds. The molecular formula is C46H59N8O12S+. The first kappa shape index (κ1) is 52.6. The number of pyridine rings is 1. The van der Waals surface area contributed by atoms with Crippen LogP contribution < -0.4 is 41.4 Å². The van der Waals surface area contributed by atoms with E-state index in [1.54, 1.807) is 11.8 Å². The maximum atomic E-state index is 13.4. The molecule has 0 radical (unpaired) electrons. The molecule has 1 aliphatic heterocycles. The lowest BCUT2D eigenvalue weighted by molar-refractivity contribution is -0.671. The second-order valence-electron chi connectivity index (χ2n) is 16.3. The molecule has 2 heterocycles. The Hall–Kier alpha value is -7.03. The van der Waals surface area contributed by atoms with E-state index in [-0.39, 0.29) is 25.4 Å². The van der Waals surface area contributed by atoms with Gasteiger partial charge in [-0.3, -0.25) is 43.2 Å². The number of aryl methyl sites for hydroxylation is 1. The topological polar surface area (TPSA) is 294 Å². The van der Waals surface area contributed by atoms with Crippen molar-refractivity contribution in [1.29, 1.82) is 0 Å². The first-order chi connectivity index (χ1) is 31.8. The van der Waals surface area contributed by atoms with Gasteiger partial charge in [0, 0.05) is 63.4 Å². The first-order valence-corrected chi connectivity index (χ1v) is 22.7. The summed E-state index contributed by atoms with van der Waals surface area (Å²) in [6, 6.07) is 12.4. The number of benzene rings is 2. The van der Waals surface area contributed by atoms with E-state index in [2.05, 4.69) is 91.0 Å². The number of amides is 6. The highest BCUT2D eigenvalue weighted by molar-refractivity contribution is 8.03. The highest BCUT2D eigenvalue weighted by atomic mass is 32.2. The molecule has 21 heteroatoms. The van der Waals surface area contributed by atoms with Crippen LogP contribution in [0.3, 0.4) is 0 Å². The summed E-state index contributed by atoms with van der Waals surface area (Å²) in [5.74, 6) is -9.86. The molecule has 4 atom stereocenters. The van der Waals surface area contributed by atoms with Crippen molar-refractivity contribution < 1.29 is 63.0 Å². The summed E-state index contributed by atoms with van der Waals surface area (Å²) in [5.41, 5.74) is 3.41. The van der Waals surface area contributed by atoms with Gasteiger partial charge in [0.25, 0.3) is 0 Å². The van der Waals surface area contributed by atoms with Gasteiger partial charge in [0.15, 0.2) is 6.20 Å². The van der Waals surface area contributed by atoms with Crippen molar-refractivity contribution in [2.75, 3.05) is 25.0 Å². The predicted molar refractivity (Wildman–Crippen MR) is 247 cm³/mol. The van der Waals surface area contributed by atoms with Crippen molar-refractivity contribution in [2.45, 2.75) is 108 Å². The number of hydrogen-bond acceptors (Lipinski definition) is 11. The highest BCUT2D eigenvalue weighted by Crippen LogP contribution is 2.45. The molecule has 360 valence electrons. The summed E-state index contributed by atoms with van der Waals surface area (Å²) in [4.78, 5) is 115. The molecule has 0 saturated heterocycles. The van der Waals surface area contributed by atoms with Gasteiger partial charge < -0.3 is 52.1 Å². The van der Waals surface area contributed by atoms with Gasteiger partial charge >= 0.3 is 17.9 Å². The highest BCUT2D eigenvalue weighted by Gasteiger charge is 2.34. The molecule has 67 heavy (non-hydrogen) atoms. The van der Waals surface area contributed by atoms with Crippen LogP contribution in [-0.2, 0) is 49.7 Å². The molecule has 0 fully saturated rings. The summed E-state index contributed by atoms with van der Waals surface area (Å²) in [6.07, 6.45) is 4.00. The Bertz CT molecular complexity index is 2340. The number of carboxylic acids is 3. The van der Waals surface area contributed by atoms with Gasteiger partial charge in [-0.15, -0.1) is 0 Å². The Morgan fingerprint density at radius 1 is 0.687 bits per heavy atom. The van der Waals surface area contributed by atoms with E-state index in [0.29, 0.717) is 6.42 Å². The van der Waals surface area contributed by atoms with E-state index in [1.165, 1.54) is 24.4 Å². The Labute approximate surface area is 391 Å². The number of thioether (sulfide) groups is 1. The Balaban J connectivity index is 1.24. The zero-order valence-corrected chi connectivity index (χ0v) is 38.7. The fourth-order valence-electron chi connectivity index (χ4n) is 7.23. The van der Waals surface area contributed by atoms with Gasteiger partial charge in [0.2, 0.25) is 41.0 Å². The van der Waals surface area contributed by atoms with Crippen LogP contribution in [0.4, 0.5) is 5.69 Å². The van der Waals surface area contributed by atoms with Crippen LogP contribution in [0.2, 0.25) is 0 Å².